The Balaban J connectivity index is 1.73. The summed E-state index contributed by atoms with van der Waals surface area (Å²) < 4.78 is 25.5. The summed E-state index contributed by atoms with van der Waals surface area (Å²) in [5.41, 5.74) is 1.16. The summed E-state index contributed by atoms with van der Waals surface area (Å²) in [4.78, 5) is 7.82. The van der Waals surface area contributed by atoms with Crippen LogP contribution in [-0.2, 0) is 10.0 Å². The average molecular weight is 337 g/mol. The van der Waals surface area contributed by atoms with E-state index in [2.05, 4.69) is 26.7 Å². The molecule has 0 radical (unpaired) electrons. The number of benzene rings is 1. The summed E-state index contributed by atoms with van der Waals surface area (Å²) in [6.07, 6.45) is 4.94. The van der Waals surface area contributed by atoms with Gasteiger partial charge in [-0.25, -0.2) is 18.1 Å². The van der Waals surface area contributed by atoms with Gasteiger partial charge in [0.2, 0.25) is 10.0 Å². The van der Waals surface area contributed by atoms with Crippen molar-refractivity contribution in [3.8, 4) is 10.4 Å². The van der Waals surface area contributed by atoms with Gasteiger partial charge in [-0.15, -0.1) is 0 Å². The number of nitrogens with zero attached hydrogens (tertiary/aromatic N) is 2. The maximum Gasteiger partial charge on any atom is 0.209 e. The molecule has 1 atom stereocenters. The summed E-state index contributed by atoms with van der Waals surface area (Å²) in [6, 6.07) is 10.1. The van der Waals surface area contributed by atoms with Crippen LogP contribution in [0.2, 0.25) is 0 Å². The van der Waals surface area contributed by atoms with Gasteiger partial charge in [-0.3, -0.25) is 0 Å². The second-order valence-corrected chi connectivity index (χ2v) is 8.34. The van der Waals surface area contributed by atoms with Crippen LogP contribution in [0, 0.1) is 0 Å². The minimum atomic E-state index is -3.16. The molecule has 5 nitrogen and oxygen atoms in total. The van der Waals surface area contributed by atoms with Crippen LogP contribution in [0.5, 0.6) is 0 Å². The van der Waals surface area contributed by atoms with Crippen LogP contribution in [0.3, 0.4) is 0 Å². The van der Waals surface area contributed by atoms with E-state index >= 15 is 0 Å². The first-order chi connectivity index (χ1) is 10.5. The first-order valence-electron chi connectivity index (χ1n) is 7.25. The highest BCUT2D eigenvalue weighted by Gasteiger charge is 2.24. The van der Waals surface area contributed by atoms with Gasteiger partial charge < -0.3 is 4.90 Å². The molecule has 1 saturated heterocycles. The van der Waals surface area contributed by atoms with E-state index in [0.29, 0.717) is 6.54 Å². The third-order valence-corrected chi connectivity index (χ3v) is 5.49. The highest BCUT2D eigenvalue weighted by molar-refractivity contribution is 7.88. The quantitative estimate of drug-likeness (QED) is 0.930. The average Bonchev–Trinajstić information content (AvgIpc) is 2.96. The molecule has 118 valence electrons. The highest BCUT2D eigenvalue weighted by atomic mass is 32.2. The highest BCUT2D eigenvalue weighted by Crippen LogP contribution is 2.32. The smallest absolute Gasteiger partial charge is 0.209 e. The molecule has 1 aromatic heterocycles. The normalized spacial score (nSPS) is 19.3. The largest absolute Gasteiger partial charge is 0.346 e. The van der Waals surface area contributed by atoms with E-state index in [9.17, 15) is 8.42 Å². The second-order valence-electron chi connectivity index (χ2n) is 5.55. The predicted molar refractivity (Wildman–Crippen MR) is 90.8 cm³/mol. The van der Waals surface area contributed by atoms with Gasteiger partial charge >= 0.3 is 0 Å². The molecular weight excluding hydrogens is 318 g/mol. The Morgan fingerprint density at radius 3 is 2.82 bits per heavy atom. The lowest BCUT2D eigenvalue weighted by atomic mass is 10.1. The van der Waals surface area contributed by atoms with E-state index in [1.54, 1.807) is 11.3 Å². The number of anilines is 1. The summed E-state index contributed by atoms with van der Waals surface area (Å²) in [7, 11) is -3.16. The van der Waals surface area contributed by atoms with Crippen molar-refractivity contribution >= 4 is 26.5 Å². The van der Waals surface area contributed by atoms with Crippen molar-refractivity contribution in [2.24, 2.45) is 0 Å². The van der Waals surface area contributed by atoms with Gasteiger partial charge in [0.15, 0.2) is 5.13 Å². The number of hydrogen-bond donors (Lipinski definition) is 1. The SMILES string of the molecule is CS(=O)(=O)N[C@@H]1CCCN(c2ncc(-c3ccccc3)s2)C1. The molecular formula is C15H19N3O2S2. The minimum Gasteiger partial charge on any atom is -0.346 e. The lowest BCUT2D eigenvalue weighted by Crippen LogP contribution is -2.47. The van der Waals surface area contributed by atoms with E-state index in [4.69, 9.17) is 0 Å². The third-order valence-electron chi connectivity index (χ3n) is 3.62. The van der Waals surface area contributed by atoms with Crippen LogP contribution >= 0.6 is 11.3 Å². The van der Waals surface area contributed by atoms with Crippen LogP contribution in [0.25, 0.3) is 10.4 Å². The van der Waals surface area contributed by atoms with E-state index in [1.165, 1.54) is 6.26 Å². The number of aromatic nitrogens is 1. The van der Waals surface area contributed by atoms with Crippen molar-refractivity contribution in [2.45, 2.75) is 18.9 Å². The molecule has 1 aliphatic rings. The van der Waals surface area contributed by atoms with Crippen LogP contribution < -0.4 is 9.62 Å². The van der Waals surface area contributed by atoms with Crippen molar-refractivity contribution in [1.82, 2.24) is 9.71 Å². The zero-order chi connectivity index (χ0) is 15.6. The third kappa shape index (κ3) is 3.85. The van der Waals surface area contributed by atoms with E-state index in [0.717, 1.165) is 35.0 Å². The number of sulfonamides is 1. The van der Waals surface area contributed by atoms with Crippen LogP contribution in [-0.4, -0.2) is 38.8 Å². The van der Waals surface area contributed by atoms with Crippen LogP contribution in [0.15, 0.2) is 36.5 Å². The Kier molecular flexibility index (Phi) is 4.46. The van der Waals surface area contributed by atoms with Gasteiger partial charge in [-0.05, 0) is 18.4 Å². The molecule has 0 spiro atoms. The molecule has 22 heavy (non-hydrogen) atoms. The predicted octanol–water partition coefficient (Wildman–Crippen LogP) is 2.33. The van der Waals surface area contributed by atoms with Crippen molar-refractivity contribution in [3.63, 3.8) is 0 Å². The van der Waals surface area contributed by atoms with E-state index < -0.39 is 10.0 Å². The molecule has 2 heterocycles. The molecule has 1 N–H and O–H groups in total. The molecule has 0 amide bonds. The monoisotopic (exact) mass is 337 g/mol. The summed E-state index contributed by atoms with van der Waals surface area (Å²) in [5.74, 6) is 0. The van der Waals surface area contributed by atoms with Crippen molar-refractivity contribution < 1.29 is 8.42 Å². The Morgan fingerprint density at radius 1 is 1.32 bits per heavy atom. The fraction of sp³-hybridized carbons (Fsp3) is 0.400. The number of thiazole rings is 1. The molecule has 2 aromatic rings. The van der Waals surface area contributed by atoms with Gasteiger partial charge in [-0.2, -0.15) is 0 Å². The number of rotatable bonds is 4. The van der Waals surface area contributed by atoms with Crippen molar-refractivity contribution in [2.75, 3.05) is 24.2 Å². The number of piperidine rings is 1. The Hall–Kier alpha value is -1.44. The molecule has 3 rings (SSSR count). The maximum atomic E-state index is 11.4. The summed E-state index contributed by atoms with van der Waals surface area (Å²) in [5, 5.41) is 0.957. The molecule has 1 aromatic carbocycles. The Bertz CT molecular complexity index is 728. The van der Waals surface area contributed by atoms with Crippen LogP contribution in [0.4, 0.5) is 5.13 Å². The number of nitrogens with one attached hydrogen (secondary N) is 1. The topological polar surface area (TPSA) is 62.3 Å². The van der Waals surface area contributed by atoms with Crippen molar-refractivity contribution in [3.05, 3.63) is 36.5 Å². The summed E-state index contributed by atoms with van der Waals surface area (Å²) in [6.45, 7) is 1.60. The standard InChI is InChI=1S/C15H19N3O2S2/c1-22(19,20)17-13-8-5-9-18(11-13)15-16-10-14(21-15)12-6-3-2-4-7-12/h2-4,6-7,10,13,17H,5,8-9,11H2,1H3/t13-/m1/s1. The molecule has 0 saturated carbocycles. The molecule has 1 aliphatic heterocycles. The molecule has 0 aliphatic carbocycles. The maximum absolute atomic E-state index is 11.4. The lowest BCUT2D eigenvalue weighted by Gasteiger charge is -2.32. The zero-order valence-corrected chi connectivity index (χ0v) is 14.0. The first kappa shape index (κ1) is 15.5. The van der Waals surface area contributed by atoms with Gasteiger partial charge in [0, 0.05) is 25.3 Å². The van der Waals surface area contributed by atoms with Crippen molar-refractivity contribution in [1.29, 1.82) is 0 Å². The minimum absolute atomic E-state index is 0.0344. The Labute approximate surface area is 135 Å². The molecule has 0 bridgehead atoms. The lowest BCUT2D eigenvalue weighted by molar-refractivity contribution is 0.467. The van der Waals surface area contributed by atoms with Gasteiger partial charge in [-0.1, -0.05) is 41.7 Å². The zero-order valence-electron chi connectivity index (χ0n) is 12.4. The second kappa shape index (κ2) is 6.36. The summed E-state index contributed by atoms with van der Waals surface area (Å²) >= 11 is 1.65. The molecule has 1 fully saturated rings. The van der Waals surface area contributed by atoms with E-state index in [1.807, 2.05) is 24.4 Å². The van der Waals surface area contributed by atoms with Gasteiger partial charge in [0.1, 0.15) is 0 Å². The fourth-order valence-corrected chi connectivity index (χ4v) is 4.45. The van der Waals surface area contributed by atoms with Gasteiger partial charge in [0.25, 0.3) is 0 Å². The van der Waals surface area contributed by atoms with E-state index in [-0.39, 0.29) is 6.04 Å². The van der Waals surface area contributed by atoms with Gasteiger partial charge in [0.05, 0.1) is 11.1 Å². The van der Waals surface area contributed by atoms with Crippen LogP contribution in [0.1, 0.15) is 12.8 Å². The first-order valence-corrected chi connectivity index (χ1v) is 9.95. The molecule has 0 unspecified atom stereocenters. The number of hydrogen-bond acceptors (Lipinski definition) is 5. The Morgan fingerprint density at radius 2 is 2.09 bits per heavy atom. The molecule has 7 heteroatoms. The fourth-order valence-electron chi connectivity index (χ4n) is 2.70.